The van der Waals surface area contributed by atoms with Crippen molar-refractivity contribution in [3.05, 3.63) is 0 Å². The van der Waals surface area contributed by atoms with Crippen LogP contribution in [0.3, 0.4) is 0 Å². The first-order chi connectivity index (χ1) is 7.79. The molecule has 0 spiro atoms. The molecule has 0 N–H and O–H groups in total. The molecule has 1 saturated heterocycles. The lowest BCUT2D eigenvalue weighted by atomic mass is 9.11. The fourth-order valence-corrected chi connectivity index (χ4v) is 5.62. The topological polar surface area (TPSA) is 0 Å². The van der Waals surface area contributed by atoms with Crippen LogP contribution in [0, 0.1) is 0 Å². The van der Waals surface area contributed by atoms with E-state index in [0.29, 0.717) is 0 Å². The number of hydrogen-bond donors (Lipinski definition) is 0. The second-order valence-electron chi connectivity index (χ2n) is 6.94. The van der Waals surface area contributed by atoms with E-state index in [1.54, 1.807) is 25.7 Å². The molecule has 4 unspecified atom stereocenters. The Hall–Kier alpha value is 0.130. The van der Waals surface area contributed by atoms with Crippen molar-refractivity contribution in [1.82, 2.24) is 0 Å². The Bertz CT molecular complexity index is 203. The van der Waals surface area contributed by atoms with Crippen molar-refractivity contribution in [3.63, 3.8) is 0 Å². The van der Waals surface area contributed by atoms with Gasteiger partial charge in [0.25, 0.3) is 0 Å². The fourth-order valence-electron chi connectivity index (χ4n) is 5.62. The molecule has 3 fully saturated rings. The SMILES string of the molecule is CB1C2CCCCC2B(C)C2CCCCC12. The smallest absolute Gasteiger partial charge is 0.0857 e. The summed E-state index contributed by atoms with van der Waals surface area (Å²) in [6.45, 7) is 7.29. The quantitative estimate of drug-likeness (QED) is 0.506. The van der Waals surface area contributed by atoms with Crippen LogP contribution in [0.1, 0.15) is 51.4 Å². The summed E-state index contributed by atoms with van der Waals surface area (Å²) >= 11 is 0. The minimum atomic E-state index is 1.05. The second kappa shape index (κ2) is 4.42. The Morgan fingerprint density at radius 3 is 1.06 bits per heavy atom. The molecule has 1 aliphatic heterocycles. The van der Waals surface area contributed by atoms with Crippen molar-refractivity contribution < 1.29 is 0 Å². The highest BCUT2D eigenvalue weighted by Crippen LogP contribution is 2.59. The van der Waals surface area contributed by atoms with Crippen LogP contribution in [-0.4, -0.2) is 13.4 Å². The highest BCUT2D eigenvalue weighted by atomic mass is 14.3. The van der Waals surface area contributed by atoms with Gasteiger partial charge in [-0.1, -0.05) is 88.3 Å². The third kappa shape index (κ3) is 1.68. The normalized spacial score (nSPS) is 43.9. The summed E-state index contributed by atoms with van der Waals surface area (Å²) < 4.78 is 0. The van der Waals surface area contributed by atoms with Gasteiger partial charge in [-0.25, -0.2) is 0 Å². The minimum Gasteiger partial charge on any atom is -0.0857 e. The van der Waals surface area contributed by atoms with Crippen molar-refractivity contribution in [2.24, 2.45) is 0 Å². The molecule has 16 heavy (non-hydrogen) atoms. The number of fused-ring (bicyclic) bond motifs is 2. The van der Waals surface area contributed by atoms with Crippen molar-refractivity contribution in [3.8, 4) is 0 Å². The molecule has 1 heterocycles. The maximum absolute atomic E-state index is 2.60. The molecule has 2 heteroatoms. The van der Waals surface area contributed by atoms with Crippen molar-refractivity contribution in [2.45, 2.75) is 88.3 Å². The molecule has 4 atom stereocenters. The molecule has 0 amide bonds. The average Bonchev–Trinajstić information content (AvgIpc) is 2.36. The van der Waals surface area contributed by atoms with E-state index < -0.39 is 0 Å². The summed E-state index contributed by atoms with van der Waals surface area (Å²) in [6, 6.07) is 0. The van der Waals surface area contributed by atoms with Gasteiger partial charge in [0.05, 0.1) is 0 Å². The largest absolute Gasteiger partial charge is 0.142 e. The first-order valence-electron chi connectivity index (χ1n) is 7.79. The number of rotatable bonds is 0. The highest BCUT2D eigenvalue weighted by molar-refractivity contribution is 6.73. The Kier molecular flexibility index (Phi) is 3.11. The molecular formula is C14H26B2. The third-order valence-corrected chi connectivity index (χ3v) is 6.45. The molecule has 3 aliphatic rings. The summed E-state index contributed by atoms with van der Waals surface area (Å²) in [7, 11) is 0. The van der Waals surface area contributed by atoms with E-state index in [4.69, 9.17) is 0 Å². The van der Waals surface area contributed by atoms with Crippen LogP contribution in [0.5, 0.6) is 0 Å². The average molecular weight is 216 g/mol. The zero-order valence-electron chi connectivity index (χ0n) is 11.1. The lowest BCUT2D eigenvalue weighted by Crippen LogP contribution is -2.46. The van der Waals surface area contributed by atoms with Crippen molar-refractivity contribution >= 4 is 13.4 Å². The summed E-state index contributed by atoms with van der Waals surface area (Å²) in [4.78, 5) is 0. The first kappa shape index (κ1) is 11.2. The Labute approximate surface area is 102 Å². The van der Waals surface area contributed by atoms with Crippen LogP contribution in [0.15, 0.2) is 0 Å². The highest BCUT2D eigenvalue weighted by Gasteiger charge is 2.50. The van der Waals surface area contributed by atoms with E-state index in [2.05, 4.69) is 13.6 Å². The molecule has 0 radical (unpaired) electrons. The van der Waals surface area contributed by atoms with Gasteiger partial charge in [0.15, 0.2) is 0 Å². The lowest BCUT2D eigenvalue weighted by molar-refractivity contribution is 0.422. The predicted octanol–water partition coefficient (Wildman–Crippen LogP) is 4.88. The van der Waals surface area contributed by atoms with E-state index in [1.807, 2.05) is 0 Å². The van der Waals surface area contributed by atoms with Crippen molar-refractivity contribution in [2.75, 3.05) is 0 Å². The van der Waals surface area contributed by atoms with Gasteiger partial charge in [0.2, 0.25) is 0 Å². The maximum Gasteiger partial charge on any atom is 0.142 e. The van der Waals surface area contributed by atoms with Gasteiger partial charge in [-0.3, -0.25) is 0 Å². The zero-order valence-corrected chi connectivity index (χ0v) is 11.1. The summed E-state index contributed by atoms with van der Waals surface area (Å²) in [5.41, 5.74) is 0. The molecule has 0 nitrogen and oxygen atoms in total. The number of hydrogen-bond acceptors (Lipinski definition) is 0. The van der Waals surface area contributed by atoms with Crippen LogP contribution >= 0.6 is 0 Å². The van der Waals surface area contributed by atoms with E-state index in [-0.39, 0.29) is 0 Å². The van der Waals surface area contributed by atoms with Gasteiger partial charge in [0.1, 0.15) is 13.4 Å². The van der Waals surface area contributed by atoms with E-state index >= 15 is 0 Å². The minimum absolute atomic E-state index is 1.05. The third-order valence-electron chi connectivity index (χ3n) is 6.45. The molecule has 0 bridgehead atoms. The molecule has 0 aromatic carbocycles. The van der Waals surface area contributed by atoms with Crippen molar-refractivity contribution in [1.29, 1.82) is 0 Å². The molecule has 2 saturated carbocycles. The molecule has 88 valence electrons. The van der Waals surface area contributed by atoms with Crippen LogP contribution in [0.25, 0.3) is 0 Å². The van der Waals surface area contributed by atoms with Crippen LogP contribution in [-0.2, 0) is 0 Å². The summed E-state index contributed by atoms with van der Waals surface area (Å²) in [6.07, 6.45) is 12.3. The van der Waals surface area contributed by atoms with E-state index in [9.17, 15) is 0 Å². The Balaban J connectivity index is 1.83. The van der Waals surface area contributed by atoms with Gasteiger partial charge in [-0.05, 0) is 0 Å². The van der Waals surface area contributed by atoms with E-state index in [1.165, 1.54) is 25.7 Å². The molecule has 3 rings (SSSR count). The lowest BCUT2D eigenvalue weighted by Gasteiger charge is -2.52. The summed E-state index contributed by atoms with van der Waals surface area (Å²) in [5.74, 6) is 4.40. The van der Waals surface area contributed by atoms with Gasteiger partial charge in [-0.15, -0.1) is 0 Å². The Morgan fingerprint density at radius 1 is 0.562 bits per heavy atom. The van der Waals surface area contributed by atoms with Gasteiger partial charge < -0.3 is 0 Å². The Morgan fingerprint density at radius 2 is 0.812 bits per heavy atom. The van der Waals surface area contributed by atoms with E-state index in [0.717, 1.165) is 36.7 Å². The summed E-state index contributed by atoms with van der Waals surface area (Å²) in [5, 5.41) is 0. The molecule has 0 aromatic heterocycles. The van der Waals surface area contributed by atoms with Crippen LogP contribution < -0.4 is 0 Å². The molecule has 2 aliphatic carbocycles. The fraction of sp³-hybridized carbons (Fsp3) is 1.00. The second-order valence-corrected chi connectivity index (χ2v) is 6.94. The van der Waals surface area contributed by atoms with Crippen LogP contribution in [0.2, 0.25) is 36.9 Å². The van der Waals surface area contributed by atoms with Gasteiger partial charge in [-0.2, -0.15) is 0 Å². The predicted molar refractivity (Wildman–Crippen MR) is 75.2 cm³/mol. The zero-order chi connectivity index (χ0) is 11.1. The maximum atomic E-state index is 2.60. The standard InChI is InChI=1S/C14H26B2/c1-15-11-7-3-5-9-13(11)16(2)14-10-6-4-8-12(14)15/h11-14H,3-10H2,1-2H3. The molecule has 0 aromatic rings. The monoisotopic (exact) mass is 216 g/mol. The molecular weight excluding hydrogens is 190 g/mol. The first-order valence-corrected chi connectivity index (χ1v) is 7.79. The van der Waals surface area contributed by atoms with Crippen LogP contribution in [0.4, 0.5) is 0 Å². The van der Waals surface area contributed by atoms with Gasteiger partial charge in [0, 0.05) is 0 Å². The van der Waals surface area contributed by atoms with Gasteiger partial charge >= 0.3 is 0 Å².